The Hall–Kier alpha value is -0.850. The van der Waals surface area contributed by atoms with Crippen LogP contribution in [0, 0.1) is 45.8 Å². The van der Waals surface area contributed by atoms with Crippen molar-refractivity contribution in [3.63, 3.8) is 0 Å². The molecule has 2 aliphatic carbocycles. The van der Waals surface area contributed by atoms with Gasteiger partial charge in [-0.2, -0.15) is 10.7 Å². The van der Waals surface area contributed by atoms with Crippen LogP contribution in [0.3, 0.4) is 0 Å². The predicted molar refractivity (Wildman–Crippen MR) is 87.6 cm³/mol. The Kier molecular flexibility index (Phi) is 3.90. The van der Waals surface area contributed by atoms with Crippen LogP contribution in [0.1, 0.15) is 53.9 Å². The van der Waals surface area contributed by atoms with E-state index in [-0.39, 0.29) is 10.8 Å². The summed E-state index contributed by atoms with van der Waals surface area (Å²) in [7, 11) is 0. The first-order chi connectivity index (χ1) is 10.3. The third-order valence-corrected chi connectivity index (χ3v) is 6.40. The van der Waals surface area contributed by atoms with E-state index in [2.05, 4.69) is 52.2 Å². The third-order valence-electron chi connectivity index (χ3n) is 6.40. The second kappa shape index (κ2) is 5.35. The largest absolute Gasteiger partial charge is 0.301 e. The fraction of sp³-hybridized carbons (Fsp3) is 0.842. The fourth-order valence-corrected chi connectivity index (χ4v) is 6.15. The zero-order valence-corrected chi connectivity index (χ0v) is 14.6. The Morgan fingerprint density at radius 1 is 1.27 bits per heavy atom. The molecular formula is C19H30N2O. The molecule has 3 rings (SSSR count). The highest BCUT2D eigenvalue weighted by atomic mass is 16.7. The van der Waals surface area contributed by atoms with Gasteiger partial charge in [0, 0.05) is 12.0 Å². The lowest BCUT2D eigenvalue weighted by Gasteiger charge is -2.52. The van der Waals surface area contributed by atoms with Crippen LogP contribution >= 0.6 is 0 Å². The fourth-order valence-electron chi connectivity index (χ4n) is 6.15. The third kappa shape index (κ3) is 2.51. The molecule has 1 N–H and O–H groups in total. The summed E-state index contributed by atoms with van der Waals surface area (Å²) >= 11 is 0. The molecule has 3 nitrogen and oxygen atoms in total. The molecule has 3 unspecified atom stereocenters. The second-order valence-electron chi connectivity index (χ2n) is 8.95. The summed E-state index contributed by atoms with van der Waals surface area (Å²) < 4.78 is 0. The summed E-state index contributed by atoms with van der Waals surface area (Å²) in [6.07, 6.45) is 5.77. The number of nitrogens with one attached hydrogen (secondary N) is 1. The molecule has 1 saturated carbocycles. The maximum Gasteiger partial charge on any atom is 0.0763 e. The topological polar surface area (TPSA) is 45.0 Å². The Bertz CT molecular complexity index is 518. The lowest BCUT2D eigenvalue weighted by molar-refractivity contribution is 0.00916. The van der Waals surface area contributed by atoms with Crippen molar-refractivity contribution in [2.75, 3.05) is 6.61 Å². The molecule has 0 aromatic rings. The highest BCUT2D eigenvalue weighted by molar-refractivity contribution is 5.25. The zero-order chi connectivity index (χ0) is 16.1. The van der Waals surface area contributed by atoms with Gasteiger partial charge in [-0.1, -0.05) is 32.4 Å². The molecule has 2 fully saturated rings. The molecule has 22 heavy (non-hydrogen) atoms. The van der Waals surface area contributed by atoms with Gasteiger partial charge in [0.15, 0.2) is 0 Å². The highest BCUT2D eigenvalue weighted by Crippen LogP contribution is 2.56. The van der Waals surface area contributed by atoms with Crippen molar-refractivity contribution >= 4 is 0 Å². The van der Waals surface area contributed by atoms with Crippen LogP contribution < -0.4 is 5.48 Å². The van der Waals surface area contributed by atoms with Crippen molar-refractivity contribution < 1.29 is 4.84 Å². The van der Waals surface area contributed by atoms with Crippen molar-refractivity contribution in [2.45, 2.75) is 59.9 Å². The molecule has 0 spiro atoms. The quantitative estimate of drug-likeness (QED) is 0.742. The summed E-state index contributed by atoms with van der Waals surface area (Å²) in [5, 5.41) is 9.92. The van der Waals surface area contributed by atoms with E-state index < -0.39 is 0 Å². The van der Waals surface area contributed by atoms with Crippen molar-refractivity contribution in [1.82, 2.24) is 5.48 Å². The molecule has 122 valence electrons. The van der Waals surface area contributed by atoms with Crippen LogP contribution in [-0.2, 0) is 4.84 Å². The molecule has 3 aliphatic rings. The first kappa shape index (κ1) is 16.0. The Morgan fingerprint density at radius 3 is 2.68 bits per heavy atom. The minimum absolute atomic E-state index is 0.188. The van der Waals surface area contributed by atoms with E-state index in [1.54, 1.807) is 0 Å². The summed E-state index contributed by atoms with van der Waals surface area (Å²) in [6, 6.07) is 3.17. The number of hydroxylamine groups is 1. The molecule has 0 aromatic heterocycles. The SMILES string of the molecule is CC1=CC(C)(C#N)C([C@@H]2CC(C)[C@@H]3NOC[C@H]3C2)C(C)(C)C1. The van der Waals surface area contributed by atoms with Crippen LogP contribution in [-0.4, -0.2) is 12.6 Å². The van der Waals surface area contributed by atoms with Gasteiger partial charge in [-0.25, -0.2) is 0 Å². The molecule has 0 aromatic carbocycles. The smallest absolute Gasteiger partial charge is 0.0763 e. The Balaban J connectivity index is 1.93. The standard InChI is InChI=1S/C19H30N2O/c1-12-8-18(3,4)17(19(5,9-12)11-20)14-6-13(2)16-15(7-14)10-22-21-16/h9,13-17,21H,6-8,10H2,1-5H3/t13?,14-,15-,16+,17?,19?/m1/s1. The summed E-state index contributed by atoms with van der Waals surface area (Å²) in [5.41, 5.74) is 4.44. The number of hydrogen-bond donors (Lipinski definition) is 1. The minimum Gasteiger partial charge on any atom is -0.301 e. The summed E-state index contributed by atoms with van der Waals surface area (Å²) in [4.78, 5) is 5.52. The van der Waals surface area contributed by atoms with Gasteiger partial charge in [-0.3, -0.25) is 0 Å². The van der Waals surface area contributed by atoms with Gasteiger partial charge in [-0.05, 0) is 56.3 Å². The summed E-state index contributed by atoms with van der Waals surface area (Å²) in [5.74, 6) is 2.28. The van der Waals surface area contributed by atoms with Crippen LogP contribution in [0.25, 0.3) is 0 Å². The maximum atomic E-state index is 9.92. The van der Waals surface area contributed by atoms with E-state index in [0.29, 0.717) is 29.7 Å². The van der Waals surface area contributed by atoms with E-state index in [1.165, 1.54) is 18.4 Å². The van der Waals surface area contributed by atoms with E-state index in [4.69, 9.17) is 4.84 Å². The number of rotatable bonds is 1. The maximum absolute atomic E-state index is 9.92. The number of nitriles is 1. The molecule has 0 radical (unpaired) electrons. The van der Waals surface area contributed by atoms with Crippen molar-refractivity contribution in [2.24, 2.45) is 34.5 Å². The Labute approximate surface area is 135 Å². The van der Waals surface area contributed by atoms with Gasteiger partial charge in [0.05, 0.1) is 18.1 Å². The second-order valence-corrected chi connectivity index (χ2v) is 8.95. The lowest BCUT2D eigenvalue weighted by Crippen LogP contribution is -2.49. The average Bonchev–Trinajstić information content (AvgIpc) is 2.85. The van der Waals surface area contributed by atoms with Crippen LogP contribution in [0.2, 0.25) is 0 Å². The molecule has 3 heteroatoms. The molecular weight excluding hydrogens is 272 g/mol. The average molecular weight is 302 g/mol. The Morgan fingerprint density at radius 2 is 2.00 bits per heavy atom. The normalized spacial score (nSPS) is 47.5. The van der Waals surface area contributed by atoms with E-state index >= 15 is 0 Å². The van der Waals surface area contributed by atoms with Crippen molar-refractivity contribution in [3.8, 4) is 6.07 Å². The molecule has 6 atom stereocenters. The van der Waals surface area contributed by atoms with Gasteiger partial charge in [-0.15, -0.1) is 0 Å². The van der Waals surface area contributed by atoms with Crippen molar-refractivity contribution in [3.05, 3.63) is 11.6 Å². The predicted octanol–water partition coefficient (Wildman–Crippen LogP) is 4.07. The van der Waals surface area contributed by atoms with Crippen LogP contribution in [0.15, 0.2) is 11.6 Å². The van der Waals surface area contributed by atoms with Gasteiger partial charge in [0.25, 0.3) is 0 Å². The number of hydrogen-bond acceptors (Lipinski definition) is 3. The van der Waals surface area contributed by atoms with Gasteiger partial charge in [0.2, 0.25) is 0 Å². The lowest BCUT2D eigenvalue weighted by atomic mass is 9.51. The number of allylic oxidation sites excluding steroid dienone is 2. The highest BCUT2D eigenvalue weighted by Gasteiger charge is 2.52. The first-order valence-electron chi connectivity index (χ1n) is 8.74. The van der Waals surface area contributed by atoms with Crippen LogP contribution in [0.5, 0.6) is 0 Å². The summed E-state index contributed by atoms with van der Waals surface area (Å²) in [6.45, 7) is 12.2. The molecule has 0 amide bonds. The molecule has 1 heterocycles. The van der Waals surface area contributed by atoms with Gasteiger partial charge < -0.3 is 4.84 Å². The number of nitrogens with zero attached hydrogens (tertiary/aromatic N) is 1. The first-order valence-corrected chi connectivity index (χ1v) is 8.74. The van der Waals surface area contributed by atoms with Crippen molar-refractivity contribution in [1.29, 1.82) is 5.26 Å². The van der Waals surface area contributed by atoms with E-state index in [1.807, 2.05) is 0 Å². The monoisotopic (exact) mass is 302 g/mol. The molecule has 1 aliphatic heterocycles. The van der Waals surface area contributed by atoms with E-state index in [0.717, 1.165) is 13.0 Å². The van der Waals surface area contributed by atoms with E-state index in [9.17, 15) is 5.26 Å². The zero-order valence-electron chi connectivity index (χ0n) is 14.6. The molecule has 1 saturated heterocycles. The number of fused-ring (bicyclic) bond motifs is 1. The van der Waals surface area contributed by atoms with Crippen LogP contribution in [0.4, 0.5) is 0 Å². The van der Waals surface area contributed by atoms with Gasteiger partial charge >= 0.3 is 0 Å². The van der Waals surface area contributed by atoms with Gasteiger partial charge in [0.1, 0.15) is 0 Å². The molecule has 0 bridgehead atoms. The minimum atomic E-state index is -0.337.